The minimum Gasteiger partial charge on any atom is -0.308 e. The zero-order chi connectivity index (χ0) is 10.3. The smallest absolute Gasteiger partial charge is 0.106 e. The molecule has 13 heavy (non-hydrogen) atoms. The van der Waals surface area contributed by atoms with E-state index in [0.717, 1.165) is 25.9 Å². The van der Waals surface area contributed by atoms with E-state index in [1.54, 1.807) is 0 Å². The van der Waals surface area contributed by atoms with Crippen LogP contribution in [0.3, 0.4) is 0 Å². The largest absolute Gasteiger partial charge is 0.308 e. The van der Waals surface area contributed by atoms with Gasteiger partial charge in [-0.2, -0.15) is 5.26 Å². The maximum atomic E-state index is 9.02. The van der Waals surface area contributed by atoms with Crippen LogP contribution in [0.5, 0.6) is 0 Å². The van der Waals surface area contributed by atoms with Crippen LogP contribution in [-0.4, -0.2) is 37.6 Å². The van der Waals surface area contributed by atoms with Crippen molar-refractivity contribution in [2.24, 2.45) is 0 Å². The molecule has 0 heterocycles. The number of nitrogens with zero attached hydrogens (tertiary/aromatic N) is 2. The highest BCUT2D eigenvalue weighted by atomic mass is 15.1. The van der Waals surface area contributed by atoms with Crippen molar-refractivity contribution < 1.29 is 0 Å². The Morgan fingerprint density at radius 2 is 1.85 bits per heavy atom. The summed E-state index contributed by atoms with van der Waals surface area (Å²) in [6, 6.07) is 2.36. The summed E-state index contributed by atoms with van der Waals surface area (Å²) in [5.74, 6) is 0. The molecular formula is C10H21N3. The number of rotatable bonds is 6. The number of nitrogens with one attached hydrogen (secondary N) is 1. The van der Waals surface area contributed by atoms with Gasteiger partial charge in [0.05, 0.1) is 6.07 Å². The summed E-state index contributed by atoms with van der Waals surface area (Å²) in [6.07, 6.45) is 1.74. The Labute approximate surface area is 81.7 Å². The van der Waals surface area contributed by atoms with Crippen LogP contribution in [0.1, 0.15) is 26.7 Å². The minimum atomic E-state index is -0.310. The summed E-state index contributed by atoms with van der Waals surface area (Å²) in [4.78, 5) is 2.11. The fourth-order valence-corrected chi connectivity index (χ4v) is 1.22. The zero-order valence-electron chi connectivity index (χ0n) is 9.22. The molecule has 0 radical (unpaired) electrons. The van der Waals surface area contributed by atoms with E-state index in [1.165, 1.54) is 0 Å². The average molecular weight is 183 g/mol. The molecule has 3 heteroatoms. The molecule has 1 N–H and O–H groups in total. The van der Waals surface area contributed by atoms with E-state index in [4.69, 9.17) is 5.26 Å². The molecule has 0 saturated carbocycles. The lowest BCUT2D eigenvalue weighted by Gasteiger charge is -2.25. The minimum absolute atomic E-state index is 0.310. The molecular weight excluding hydrogens is 162 g/mol. The van der Waals surface area contributed by atoms with E-state index in [0.29, 0.717) is 0 Å². The Kier molecular flexibility index (Phi) is 5.68. The number of hydrogen-bond acceptors (Lipinski definition) is 3. The topological polar surface area (TPSA) is 39.1 Å². The van der Waals surface area contributed by atoms with E-state index in [-0.39, 0.29) is 5.54 Å². The van der Waals surface area contributed by atoms with Gasteiger partial charge in [-0.1, -0.05) is 13.8 Å². The van der Waals surface area contributed by atoms with Gasteiger partial charge in [0.2, 0.25) is 0 Å². The molecule has 0 spiro atoms. The first-order valence-electron chi connectivity index (χ1n) is 4.91. The molecule has 0 aliphatic carbocycles. The number of likely N-dealkylation sites (N-methyl/N-ethyl adjacent to an activating group) is 1. The number of nitriles is 1. The van der Waals surface area contributed by atoms with Crippen LogP contribution in [0.25, 0.3) is 0 Å². The van der Waals surface area contributed by atoms with Gasteiger partial charge in [0.15, 0.2) is 0 Å². The lowest BCUT2D eigenvalue weighted by atomic mass is 9.95. The second-order valence-corrected chi connectivity index (χ2v) is 3.63. The predicted octanol–water partition coefficient (Wildman–Crippen LogP) is 1.22. The van der Waals surface area contributed by atoms with Gasteiger partial charge in [-0.25, -0.2) is 0 Å². The second-order valence-electron chi connectivity index (χ2n) is 3.63. The van der Waals surface area contributed by atoms with Crippen molar-refractivity contribution in [3.05, 3.63) is 0 Å². The highest BCUT2D eigenvalue weighted by molar-refractivity contribution is 5.05. The Bertz CT molecular complexity index is 165. The van der Waals surface area contributed by atoms with Gasteiger partial charge in [0.25, 0.3) is 0 Å². The first-order valence-corrected chi connectivity index (χ1v) is 4.91. The Morgan fingerprint density at radius 3 is 2.15 bits per heavy atom. The normalized spacial score (nSPS) is 11.7. The maximum Gasteiger partial charge on any atom is 0.106 e. The molecule has 3 nitrogen and oxygen atoms in total. The van der Waals surface area contributed by atoms with Crippen LogP contribution < -0.4 is 5.32 Å². The van der Waals surface area contributed by atoms with Crippen molar-refractivity contribution in [2.75, 3.05) is 27.2 Å². The SMILES string of the molecule is CCC(C#N)(CC)NCCN(C)C. The van der Waals surface area contributed by atoms with Crippen molar-refractivity contribution in [2.45, 2.75) is 32.2 Å². The van der Waals surface area contributed by atoms with Crippen molar-refractivity contribution in [1.29, 1.82) is 5.26 Å². The quantitative estimate of drug-likeness (QED) is 0.673. The highest BCUT2D eigenvalue weighted by Gasteiger charge is 2.23. The molecule has 0 atom stereocenters. The Morgan fingerprint density at radius 1 is 1.31 bits per heavy atom. The molecule has 76 valence electrons. The maximum absolute atomic E-state index is 9.02. The molecule has 0 aromatic heterocycles. The third kappa shape index (κ3) is 4.25. The van der Waals surface area contributed by atoms with Crippen LogP contribution >= 0.6 is 0 Å². The first kappa shape index (κ1) is 12.4. The monoisotopic (exact) mass is 183 g/mol. The lowest BCUT2D eigenvalue weighted by Crippen LogP contribution is -2.45. The zero-order valence-corrected chi connectivity index (χ0v) is 9.22. The molecule has 0 saturated heterocycles. The summed E-state index contributed by atoms with van der Waals surface area (Å²) < 4.78 is 0. The fraction of sp³-hybridized carbons (Fsp3) is 0.900. The van der Waals surface area contributed by atoms with Crippen LogP contribution in [0.4, 0.5) is 0 Å². The molecule has 0 amide bonds. The van der Waals surface area contributed by atoms with Gasteiger partial charge in [-0.3, -0.25) is 5.32 Å². The van der Waals surface area contributed by atoms with Crippen LogP contribution in [-0.2, 0) is 0 Å². The summed E-state index contributed by atoms with van der Waals surface area (Å²) in [7, 11) is 4.07. The van der Waals surface area contributed by atoms with Gasteiger partial charge in [-0.15, -0.1) is 0 Å². The van der Waals surface area contributed by atoms with E-state index < -0.39 is 0 Å². The summed E-state index contributed by atoms with van der Waals surface area (Å²) in [6.45, 7) is 5.95. The number of hydrogen-bond donors (Lipinski definition) is 1. The van der Waals surface area contributed by atoms with Crippen molar-refractivity contribution in [1.82, 2.24) is 10.2 Å². The Hall–Kier alpha value is -0.590. The lowest BCUT2D eigenvalue weighted by molar-refractivity contribution is 0.339. The average Bonchev–Trinajstić information content (AvgIpc) is 2.13. The van der Waals surface area contributed by atoms with E-state index >= 15 is 0 Å². The van der Waals surface area contributed by atoms with Gasteiger partial charge < -0.3 is 4.90 Å². The predicted molar refractivity (Wildman–Crippen MR) is 55.5 cm³/mol. The molecule has 0 fully saturated rings. The summed E-state index contributed by atoms with van der Waals surface area (Å²) in [5, 5.41) is 12.3. The van der Waals surface area contributed by atoms with E-state index in [9.17, 15) is 0 Å². The molecule has 0 aromatic carbocycles. The van der Waals surface area contributed by atoms with E-state index in [2.05, 4.69) is 30.1 Å². The summed E-state index contributed by atoms with van der Waals surface area (Å²) >= 11 is 0. The fourth-order valence-electron chi connectivity index (χ4n) is 1.22. The Balaban J connectivity index is 3.91. The van der Waals surface area contributed by atoms with E-state index in [1.807, 2.05) is 14.1 Å². The third-order valence-electron chi connectivity index (χ3n) is 2.44. The second kappa shape index (κ2) is 5.95. The van der Waals surface area contributed by atoms with Crippen molar-refractivity contribution >= 4 is 0 Å². The van der Waals surface area contributed by atoms with Gasteiger partial charge in [0.1, 0.15) is 5.54 Å². The standard InChI is InChI=1S/C10H21N3/c1-5-10(6-2,9-11)12-7-8-13(3)4/h12H,5-8H2,1-4H3. The molecule has 0 aromatic rings. The molecule has 0 unspecified atom stereocenters. The molecule has 0 bridgehead atoms. The highest BCUT2D eigenvalue weighted by Crippen LogP contribution is 2.12. The van der Waals surface area contributed by atoms with Gasteiger partial charge >= 0.3 is 0 Å². The van der Waals surface area contributed by atoms with Gasteiger partial charge in [-0.05, 0) is 26.9 Å². The van der Waals surface area contributed by atoms with Crippen molar-refractivity contribution in [3.8, 4) is 6.07 Å². The van der Waals surface area contributed by atoms with Crippen LogP contribution in [0.15, 0.2) is 0 Å². The summed E-state index contributed by atoms with van der Waals surface area (Å²) in [5.41, 5.74) is -0.310. The third-order valence-corrected chi connectivity index (χ3v) is 2.44. The van der Waals surface area contributed by atoms with Crippen molar-refractivity contribution in [3.63, 3.8) is 0 Å². The van der Waals surface area contributed by atoms with Crippen LogP contribution in [0, 0.1) is 11.3 Å². The van der Waals surface area contributed by atoms with Crippen LogP contribution in [0.2, 0.25) is 0 Å². The van der Waals surface area contributed by atoms with Gasteiger partial charge in [0, 0.05) is 13.1 Å². The molecule has 0 rings (SSSR count). The first-order chi connectivity index (χ1) is 6.10. The molecule has 0 aliphatic heterocycles. The molecule has 0 aliphatic rings.